The van der Waals surface area contributed by atoms with E-state index in [0.29, 0.717) is 24.9 Å². The lowest BCUT2D eigenvalue weighted by Gasteiger charge is -2.21. The van der Waals surface area contributed by atoms with Crippen molar-refractivity contribution in [2.75, 3.05) is 13.1 Å². The van der Waals surface area contributed by atoms with Crippen LogP contribution in [0.1, 0.15) is 12.8 Å². The maximum Gasteiger partial charge on any atom is 0.407 e. The molecule has 1 saturated carbocycles. The SMILES string of the molecule is O=C(O)N1C[C@H]2CC[C@@H](Oc3cccc(Br)c3)[C@H]2C1. The predicted molar refractivity (Wildman–Crippen MR) is 74.4 cm³/mol. The third-order valence-electron chi connectivity index (χ3n) is 4.15. The highest BCUT2D eigenvalue weighted by Gasteiger charge is 2.45. The predicted octanol–water partition coefficient (Wildman–Crippen LogP) is 3.22. The quantitative estimate of drug-likeness (QED) is 0.908. The van der Waals surface area contributed by atoms with Gasteiger partial charge in [-0.05, 0) is 37.0 Å². The van der Waals surface area contributed by atoms with Crippen molar-refractivity contribution in [1.29, 1.82) is 0 Å². The molecule has 102 valence electrons. The van der Waals surface area contributed by atoms with Crippen LogP contribution in [0.2, 0.25) is 0 Å². The van der Waals surface area contributed by atoms with Crippen LogP contribution in [0, 0.1) is 11.8 Å². The van der Waals surface area contributed by atoms with E-state index >= 15 is 0 Å². The molecule has 0 aromatic heterocycles. The molecule has 1 aromatic carbocycles. The number of nitrogens with zero attached hydrogens (tertiary/aromatic N) is 1. The van der Waals surface area contributed by atoms with Gasteiger partial charge in [-0.3, -0.25) is 0 Å². The molecule has 19 heavy (non-hydrogen) atoms. The van der Waals surface area contributed by atoms with Gasteiger partial charge < -0.3 is 14.7 Å². The van der Waals surface area contributed by atoms with Gasteiger partial charge in [0.05, 0.1) is 0 Å². The molecule has 0 spiro atoms. The van der Waals surface area contributed by atoms with Crippen molar-refractivity contribution in [3.05, 3.63) is 28.7 Å². The largest absolute Gasteiger partial charge is 0.490 e. The zero-order valence-electron chi connectivity index (χ0n) is 10.5. The van der Waals surface area contributed by atoms with E-state index in [1.54, 1.807) is 0 Å². The summed E-state index contributed by atoms with van der Waals surface area (Å²) >= 11 is 3.43. The van der Waals surface area contributed by atoms with Gasteiger partial charge in [-0.15, -0.1) is 0 Å². The van der Waals surface area contributed by atoms with Crippen molar-refractivity contribution in [3.8, 4) is 5.75 Å². The van der Waals surface area contributed by atoms with E-state index in [-0.39, 0.29) is 6.10 Å². The molecule has 1 aliphatic heterocycles. The smallest absolute Gasteiger partial charge is 0.407 e. The van der Waals surface area contributed by atoms with Crippen LogP contribution in [0.4, 0.5) is 4.79 Å². The van der Waals surface area contributed by atoms with Crippen LogP contribution >= 0.6 is 15.9 Å². The molecule has 1 aromatic rings. The number of ether oxygens (including phenoxy) is 1. The summed E-state index contributed by atoms with van der Waals surface area (Å²) in [5.41, 5.74) is 0. The standard InChI is InChI=1S/C14H16BrNO3/c15-10-2-1-3-11(6-10)19-13-5-4-9-7-16(14(17)18)8-12(9)13/h1-3,6,9,12-13H,4-5,7-8H2,(H,17,18)/t9-,12+,13-/m1/s1. The van der Waals surface area contributed by atoms with E-state index < -0.39 is 6.09 Å². The average Bonchev–Trinajstić information content (AvgIpc) is 2.91. The van der Waals surface area contributed by atoms with Gasteiger partial charge in [0.2, 0.25) is 0 Å². The number of carboxylic acid groups (broad SMARTS) is 1. The number of hydrogen-bond acceptors (Lipinski definition) is 2. The van der Waals surface area contributed by atoms with Crippen LogP contribution in [0.5, 0.6) is 5.75 Å². The molecule has 0 radical (unpaired) electrons. The average molecular weight is 326 g/mol. The van der Waals surface area contributed by atoms with Crippen LogP contribution in [-0.2, 0) is 0 Å². The highest BCUT2D eigenvalue weighted by atomic mass is 79.9. The van der Waals surface area contributed by atoms with Crippen LogP contribution < -0.4 is 4.74 Å². The lowest BCUT2D eigenvalue weighted by atomic mass is 9.99. The van der Waals surface area contributed by atoms with Crippen molar-refractivity contribution in [1.82, 2.24) is 4.90 Å². The zero-order valence-corrected chi connectivity index (χ0v) is 12.0. The number of carbonyl (C=O) groups is 1. The van der Waals surface area contributed by atoms with Gasteiger partial charge >= 0.3 is 6.09 Å². The lowest BCUT2D eigenvalue weighted by molar-refractivity contribution is 0.133. The molecule has 5 heteroatoms. The second kappa shape index (κ2) is 5.04. The number of rotatable bonds is 2. The molecule has 0 bridgehead atoms. The second-order valence-corrected chi connectivity index (χ2v) is 6.22. The highest BCUT2D eigenvalue weighted by molar-refractivity contribution is 9.10. The van der Waals surface area contributed by atoms with Crippen LogP contribution in [0.25, 0.3) is 0 Å². The highest BCUT2D eigenvalue weighted by Crippen LogP contribution is 2.40. The summed E-state index contributed by atoms with van der Waals surface area (Å²) < 4.78 is 7.05. The van der Waals surface area contributed by atoms with E-state index in [0.717, 1.165) is 23.1 Å². The molecule has 1 saturated heterocycles. The number of benzene rings is 1. The van der Waals surface area contributed by atoms with Crippen molar-refractivity contribution in [2.24, 2.45) is 11.8 Å². The van der Waals surface area contributed by atoms with Gasteiger partial charge in [0.25, 0.3) is 0 Å². The van der Waals surface area contributed by atoms with Crippen molar-refractivity contribution in [2.45, 2.75) is 18.9 Å². The van der Waals surface area contributed by atoms with E-state index in [1.807, 2.05) is 24.3 Å². The van der Waals surface area contributed by atoms with Crippen molar-refractivity contribution in [3.63, 3.8) is 0 Å². The lowest BCUT2D eigenvalue weighted by Crippen LogP contribution is -2.31. The summed E-state index contributed by atoms with van der Waals surface area (Å²) in [6.45, 7) is 1.27. The zero-order chi connectivity index (χ0) is 13.4. The minimum Gasteiger partial charge on any atom is -0.490 e. The number of halogens is 1. The monoisotopic (exact) mass is 325 g/mol. The summed E-state index contributed by atoms with van der Waals surface area (Å²) in [7, 11) is 0. The molecule has 1 heterocycles. The minimum atomic E-state index is -0.810. The van der Waals surface area contributed by atoms with Crippen LogP contribution in [0.3, 0.4) is 0 Å². The van der Waals surface area contributed by atoms with Gasteiger partial charge in [0.15, 0.2) is 0 Å². The second-order valence-electron chi connectivity index (χ2n) is 5.30. The van der Waals surface area contributed by atoms with Gasteiger partial charge in [0, 0.05) is 23.5 Å². The molecule has 3 rings (SSSR count). The van der Waals surface area contributed by atoms with E-state index in [1.165, 1.54) is 4.90 Å². The summed E-state index contributed by atoms with van der Waals surface area (Å²) in [6, 6.07) is 7.81. The fraction of sp³-hybridized carbons (Fsp3) is 0.500. The first-order valence-electron chi connectivity index (χ1n) is 6.53. The van der Waals surface area contributed by atoms with Gasteiger partial charge in [-0.25, -0.2) is 4.79 Å². The Kier molecular flexibility index (Phi) is 3.39. The first-order chi connectivity index (χ1) is 9.13. The maximum absolute atomic E-state index is 11.0. The van der Waals surface area contributed by atoms with Crippen molar-refractivity contribution < 1.29 is 14.6 Å². The molecule has 2 fully saturated rings. The Labute approximate surface area is 120 Å². The molecule has 0 unspecified atom stereocenters. The Morgan fingerprint density at radius 3 is 2.95 bits per heavy atom. The Morgan fingerprint density at radius 1 is 1.37 bits per heavy atom. The molecule has 4 nitrogen and oxygen atoms in total. The van der Waals surface area contributed by atoms with E-state index in [2.05, 4.69) is 15.9 Å². The maximum atomic E-state index is 11.0. The molecular weight excluding hydrogens is 310 g/mol. The van der Waals surface area contributed by atoms with Gasteiger partial charge in [-0.2, -0.15) is 0 Å². The molecule has 1 N–H and O–H groups in total. The normalized spacial score (nSPS) is 29.3. The molecule has 1 amide bonds. The fourth-order valence-corrected chi connectivity index (χ4v) is 3.61. The molecule has 1 aliphatic carbocycles. The molecular formula is C14H16BrNO3. The topological polar surface area (TPSA) is 49.8 Å². The van der Waals surface area contributed by atoms with Gasteiger partial charge in [0.1, 0.15) is 11.9 Å². The summed E-state index contributed by atoms with van der Waals surface area (Å²) in [5.74, 6) is 1.66. The third kappa shape index (κ3) is 2.56. The summed E-state index contributed by atoms with van der Waals surface area (Å²) in [5, 5.41) is 9.06. The van der Waals surface area contributed by atoms with Crippen molar-refractivity contribution >= 4 is 22.0 Å². The Bertz CT molecular complexity index is 493. The number of fused-ring (bicyclic) bond motifs is 1. The minimum absolute atomic E-state index is 0.142. The molecule has 2 aliphatic rings. The molecule has 3 atom stereocenters. The first kappa shape index (κ1) is 12.8. The Morgan fingerprint density at radius 2 is 2.21 bits per heavy atom. The van der Waals surface area contributed by atoms with Crippen LogP contribution in [0.15, 0.2) is 28.7 Å². The van der Waals surface area contributed by atoms with Crippen LogP contribution in [-0.4, -0.2) is 35.3 Å². The summed E-state index contributed by atoms with van der Waals surface area (Å²) in [6.07, 6.45) is 1.42. The fourth-order valence-electron chi connectivity index (χ4n) is 3.23. The van der Waals surface area contributed by atoms with E-state index in [4.69, 9.17) is 9.84 Å². The summed E-state index contributed by atoms with van der Waals surface area (Å²) in [4.78, 5) is 12.5. The Hall–Kier alpha value is -1.23. The van der Waals surface area contributed by atoms with Gasteiger partial charge in [-0.1, -0.05) is 22.0 Å². The Balaban J connectivity index is 1.68. The van der Waals surface area contributed by atoms with E-state index in [9.17, 15) is 4.79 Å². The first-order valence-corrected chi connectivity index (χ1v) is 7.33. The third-order valence-corrected chi connectivity index (χ3v) is 4.64. The number of amides is 1. The number of hydrogen-bond donors (Lipinski definition) is 1. The number of likely N-dealkylation sites (tertiary alicyclic amines) is 1.